The number of rotatable bonds is 3. The number of nitrogens with two attached hydrogens (primary N) is 1. The molecule has 0 aromatic heterocycles. The van der Waals surface area contributed by atoms with E-state index in [4.69, 9.17) is 10.5 Å². The van der Waals surface area contributed by atoms with E-state index < -0.39 is 0 Å². The van der Waals surface area contributed by atoms with Crippen molar-refractivity contribution < 1.29 is 4.74 Å². The van der Waals surface area contributed by atoms with Gasteiger partial charge in [-0.1, -0.05) is 30.3 Å². The Morgan fingerprint density at radius 2 is 1.82 bits per heavy atom. The summed E-state index contributed by atoms with van der Waals surface area (Å²) in [5.74, 6) is 0. The Morgan fingerprint density at radius 1 is 1.24 bits per heavy atom. The summed E-state index contributed by atoms with van der Waals surface area (Å²) in [6.45, 7) is 6.83. The van der Waals surface area contributed by atoms with Crippen molar-refractivity contribution in [1.82, 2.24) is 4.90 Å². The fourth-order valence-corrected chi connectivity index (χ4v) is 2.64. The molecule has 1 unspecified atom stereocenters. The van der Waals surface area contributed by atoms with Gasteiger partial charge >= 0.3 is 0 Å². The zero-order valence-electron chi connectivity index (χ0n) is 10.7. The Kier molecular flexibility index (Phi) is 4.15. The zero-order valence-corrected chi connectivity index (χ0v) is 10.7. The maximum Gasteiger partial charge on any atom is 0.0678 e. The van der Waals surface area contributed by atoms with Crippen molar-refractivity contribution in [2.24, 2.45) is 5.73 Å². The number of ether oxygens (including phenoxy) is 1. The van der Waals surface area contributed by atoms with Gasteiger partial charge in [0.05, 0.1) is 12.2 Å². The Balaban J connectivity index is 2.13. The van der Waals surface area contributed by atoms with Crippen LogP contribution in [0.25, 0.3) is 0 Å². The number of morpholine rings is 1. The Hall–Kier alpha value is -0.900. The minimum Gasteiger partial charge on any atom is -0.373 e. The minimum absolute atomic E-state index is 0.288. The molecule has 1 aromatic carbocycles. The molecule has 1 aliphatic heterocycles. The van der Waals surface area contributed by atoms with Gasteiger partial charge in [-0.3, -0.25) is 4.90 Å². The van der Waals surface area contributed by atoms with Crippen LogP contribution in [-0.2, 0) is 4.74 Å². The zero-order chi connectivity index (χ0) is 12.3. The molecule has 0 spiro atoms. The number of benzene rings is 1. The third kappa shape index (κ3) is 3.06. The summed E-state index contributed by atoms with van der Waals surface area (Å²) < 4.78 is 5.76. The molecular weight excluding hydrogens is 212 g/mol. The smallest absolute Gasteiger partial charge is 0.0678 e. The molecule has 1 saturated heterocycles. The largest absolute Gasteiger partial charge is 0.373 e. The summed E-state index contributed by atoms with van der Waals surface area (Å²) in [6.07, 6.45) is 0.577. The van der Waals surface area contributed by atoms with Crippen LogP contribution in [0, 0.1) is 0 Å². The lowest BCUT2D eigenvalue weighted by Gasteiger charge is -2.40. The van der Waals surface area contributed by atoms with Crippen molar-refractivity contribution in [3.05, 3.63) is 35.9 Å². The molecule has 3 atom stereocenters. The lowest BCUT2D eigenvalue weighted by molar-refractivity contribution is -0.0799. The van der Waals surface area contributed by atoms with Crippen molar-refractivity contribution in [3.8, 4) is 0 Å². The van der Waals surface area contributed by atoms with Gasteiger partial charge in [0.1, 0.15) is 0 Å². The summed E-state index contributed by atoms with van der Waals surface area (Å²) in [5, 5.41) is 0. The van der Waals surface area contributed by atoms with E-state index in [0.29, 0.717) is 12.6 Å². The van der Waals surface area contributed by atoms with Gasteiger partial charge in [-0.2, -0.15) is 0 Å². The lowest BCUT2D eigenvalue weighted by Crippen LogP contribution is -2.48. The highest BCUT2D eigenvalue weighted by molar-refractivity contribution is 5.19. The predicted molar refractivity (Wildman–Crippen MR) is 69.8 cm³/mol. The molecule has 2 N–H and O–H groups in total. The van der Waals surface area contributed by atoms with Crippen LogP contribution < -0.4 is 5.73 Å². The molecular formula is C14H22N2O. The topological polar surface area (TPSA) is 38.5 Å². The number of nitrogens with zero attached hydrogens (tertiary/aromatic N) is 1. The van der Waals surface area contributed by atoms with Gasteiger partial charge in [-0.25, -0.2) is 0 Å². The molecule has 3 nitrogen and oxygen atoms in total. The van der Waals surface area contributed by atoms with E-state index in [1.807, 2.05) is 6.07 Å². The van der Waals surface area contributed by atoms with Gasteiger partial charge in [0.25, 0.3) is 0 Å². The molecule has 1 heterocycles. The van der Waals surface area contributed by atoms with Crippen LogP contribution in [0.3, 0.4) is 0 Å². The first-order valence-corrected chi connectivity index (χ1v) is 6.35. The molecule has 1 aromatic rings. The normalized spacial score (nSPS) is 27.9. The molecule has 94 valence electrons. The second-order valence-electron chi connectivity index (χ2n) is 4.87. The second-order valence-corrected chi connectivity index (χ2v) is 4.87. The van der Waals surface area contributed by atoms with Gasteiger partial charge in [0.2, 0.25) is 0 Å². The summed E-state index contributed by atoms with van der Waals surface area (Å²) in [5.41, 5.74) is 7.25. The van der Waals surface area contributed by atoms with Crippen LogP contribution in [0.4, 0.5) is 0 Å². The van der Waals surface area contributed by atoms with Gasteiger partial charge < -0.3 is 10.5 Å². The molecule has 17 heavy (non-hydrogen) atoms. The summed E-state index contributed by atoms with van der Waals surface area (Å²) in [7, 11) is 0. The molecule has 0 amide bonds. The van der Waals surface area contributed by atoms with Gasteiger partial charge in [0.15, 0.2) is 0 Å². The second kappa shape index (κ2) is 5.63. The lowest BCUT2D eigenvalue weighted by atomic mass is 10.0. The number of hydrogen-bond donors (Lipinski definition) is 1. The van der Waals surface area contributed by atoms with Gasteiger partial charge in [0, 0.05) is 25.7 Å². The fraction of sp³-hybridized carbons (Fsp3) is 0.571. The van der Waals surface area contributed by atoms with Crippen LogP contribution in [0.5, 0.6) is 0 Å². The van der Waals surface area contributed by atoms with E-state index in [1.54, 1.807) is 0 Å². The van der Waals surface area contributed by atoms with Gasteiger partial charge in [-0.15, -0.1) is 0 Å². The quantitative estimate of drug-likeness (QED) is 0.866. The fourth-order valence-electron chi connectivity index (χ4n) is 2.64. The van der Waals surface area contributed by atoms with Crippen molar-refractivity contribution in [2.45, 2.75) is 32.1 Å². The van der Waals surface area contributed by atoms with Crippen molar-refractivity contribution in [3.63, 3.8) is 0 Å². The highest BCUT2D eigenvalue weighted by Gasteiger charge is 2.27. The molecule has 0 saturated carbocycles. The molecule has 0 radical (unpaired) electrons. The molecule has 3 heteroatoms. The van der Waals surface area contributed by atoms with E-state index in [9.17, 15) is 0 Å². The van der Waals surface area contributed by atoms with Crippen molar-refractivity contribution in [1.29, 1.82) is 0 Å². The first-order chi connectivity index (χ1) is 8.20. The van der Waals surface area contributed by atoms with E-state index >= 15 is 0 Å². The van der Waals surface area contributed by atoms with Crippen LogP contribution in [0.2, 0.25) is 0 Å². The monoisotopic (exact) mass is 234 g/mol. The van der Waals surface area contributed by atoms with E-state index in [1.165, 1.54) is 5.56 Å². The summed E-state index contributed by atoms with van der Waals surface area (Å²) >= 11 is 0. The maximum absolute atomic E-state index is 5.94. The first-order valence-electron chi connectivity index (χ1n) is 6.35. The average Bonchev–Trinajstić information content (AvgIpc) is 2.30. The standard InChI is InChI=1S/C14H22N2O/c1-11-9-16(10-12(2)17-11)14(8-15)13-6-4-3-5-7-13/h3-7,11-12,14H,8-10,15H2,1-2H3/t11-,12+,14?. The SMILES string of the molecule is C[C@@H]1CN(C(CN)c2ccccc2)C[C@H](C)O1. The third-order valence-electron chi connectivity index (χ3n) is 3.30. The van der Waals surface area contributed by atoms with E-state index in [0.717, 1.165) is 13.1 Å². The predicted octanol–water partition coefficient (Wildman–Crippen LogP) is 1.80. The molecule has 1 aliphatic rings. The van der Waals surface area contributed by atoms with E-state index in [2.05, 4.69) is 43.0 Å². The Morgan fingerprint density at radius 3 is 2.35 bits per heavy atom. The van der Waals surface area contributed by atoms with Crippen LogP contribution >= 0.6 is 0 Å². The summed E-state index contributed by atoms with van der Waals surface area (Å²) in [4.78, 5) is 2.44. The molecule has 0 aliphatic carbocycles. The Labute approximate surface area is 104 Å². The molecule has 2 rings (SSSR count). The summed E-state index contributed by atoms with van der Waals surface area (Å²) in [6, 6.07) is 10.8. The Bertz CT molecular complexity index is 331. The highest BCUT2D eigenvalue weighted by atomic mass is 16.5. The van der Waals surface area contributed by atoms with Crippen LogP contribution in [-0.4, -0.2) is 36.7 Å². The third-order valence-corrected chi connectivity index (χ3v) is 3.30. The van der Waals surface area contributed by atoms with Crippen molar-refractivity contribution in [2.75, 3.05) is 19.6 Å². The molecule has 0 bridgehead atoms. The number of hydrogen-bond acceptors (Lipinski definition) is 3. The molecule has 1 fully saturated rings. The maximum atomic E-state index is 5.94. The minimum atomic E-state index is 0.288. The average molecular weight is 234 g/mol. The first kappa shape index (κ1) is 12.6. The van der Waals surface area contributed by atoms with Crippen molar-refractivity contribution >= 4 is 0 Å². The van der Waals surface area contributed by atoms with Crippen LogP contribution in [0.15, 0.2) is 30.3 Å². The van der Waals surface area contributed by atoms with Crippen LogP contribution in [0.1, 0.15) is 25.5 Å². The van der Waals surface area contributed by atoms with E-state index in [-0.39, 0.29) is 12.2 Å². The highest BCUT2D eigenvalue weighted by Crippen LogP contribution is 2.23. The van der Waals surface area contributed by atoms with Gasteiger partial charge in [-0.05, 0) is 19.4 Å².